The molecule has 3 nitrogen and oxygen atoms in total. The minimum atomic E-state index is 0.112. The Morgan fingerprint density at radius 3 is 2.12 bits per heavy atom. The highest BCUT2D eigenvalue weighted by Gasteiger charge is 2.40. The topological polar surface area (TPSA) is 17.4 Å². The number of nitrogens with zero attached hydrogens (tertiary/aromatic N) is 2. The molecule has 0 saturated heterocycles. The highest BCUT2D eigenvalue weighted by molar-refractivity contribution is 6.99. The summed E-state index contributed by atoms with van der Waals surface area (Å²) in [7, 11) is 0. The van der Waals surface area contributed by atoms with Crippen molar-refractivity contribution in [2.24, 2.45) is 0 Å². The van der Waals surface area contributed by atoms with E-state index >= 15 is 0 Å². The molecule has 10 rings (SSSR count). The van der Waals surface area contributed by atoms with Gasteiger partial charge in [-0.2, -0.15) is 0 Å². The van der Waals surface area contributed by atoms with Crippen LogP contribution in [0.2, 0.25) is 0 Å². The average Bonchev–Trinajstić information content (AvgIpc) is 3.37. The minimum absolute atomic E-state index is 0.112. The Morgan fingerprint density at radius 2 is 1.27 bits per heavy atom. The molecule has 4 heterocycles. The monoisotopic (exact) mass is 522 g/mol. The Balaban J connectivity index is 1.22. The van der Waals surface area contributed by atoms with Crippen LogP contribution in [0, 0.1) is 0 Å². The second-order valence-corrected chi connectivity index (χ2v) is 11.3. The molecule has 4 heteroatoms. The number of rotatable bonds is 1. The van der Waals surface area contributed by atoms with Crippen LogP contribution in [-0.4, -0.2) is 11.3 Å². The van der Waals surface area contributed by atoms with E-state index in [1.807, 2.05) is 0 Å². The van der Waals surface area contributed by atoms with Gasteiger partial charge >= 0.3 is 0 Å². The zero-order valence-corrected chi connectivity index (χ0v) is 22.2. The van der Waals surface area contributed by atoms with E-state index in [-0.39, 0.29) is 6.71 Å². The molecule has 190 valence electrons. The molecule has 0 unspecified atom stereocenters. The van der Waals surface area contributed by atoms with Crippen molar-refractivity contribution in [2.75, 3.05) is 4.90 Å². The minimum Gasteiger partial charge on any atom is -0.458 e. The van der Waals surface area contributed by atoms with Crippen molar-refractivity contribution in [2.45, 2.75) is 6.42 Å². The maximum absolute atomic E-state index is 6.79. The molecule has 0 amide bonds. The van der Waals surface area contributed by atoms with Gasteiger partial charge in [0, 0.05) is 51.5 Å². The fourth-order valence-electron chi connectivity index (χ4n) is 7.59. The third kappa shape index (κ3) is 2.74. The number of hydrogen-bond donors (Lipinski definition) is 0. The highest BCUT2D eigenvalue weighted by atomic mass is 16.5. The van der Waals surface area contributed by atoms with Crippen molar-refractivity contribution in [3.63, 3.8) is 0 Å². The van der Waals surface area contributed by atoms with Gasteiger partial charge in [0.15, 0.2) is 0 Å². The Hall–Kier alpha value is -5.22. The van der Waals surface area contributed by atoms with E-state index in [0.717, 1.165) is 23.6 Å². The molecule has 7 aromatic rings. The molecule has 0 N–H and O–H groups in total. The molecule has 0 aliphatic carbocycles. The van der Waals surface area contributed by atoms with Crippen molar-refractivity contribution in [1.29, 1.82) is 0 Å². The van der Waals surface area contributed by atoms with E-state index in [9.17, 15) is 0 Å². The standard InChI is InChI=1S/C37H23BN2O/c1-4-14-30-23(9-1)21-24-10-2-5-15-31(24)39(30)25-19-20-28-35(22-25)41-34-18-8-17-33-36(34)38(28)29-13-7-12-27-26-11-3-6-16-32(26)40(33)37(27)29/h1-20,22H,21H2. The number of aromatic nitrogens is 1. The van der Waals surface area contributed by atoms with Crippen LogP contribution in [0.4, 0.5) is 17.1 Å². The van der Waals surface area contributed by atoms with Crippen LogP contribution in [0.15, 0.2) is 127 Å². The summed E-state index contributed by atoms with van der Waals surface area (Å²) in [5, 5.41) is 2.60. The van der Waals surface area contributed by atoms with Crippen LogP contribution in [0.3, 0.4) is 0 Å². The number of fused-ring (bicyclic) bond motifs is 9. The third-order valence-electron chi connectivity index (χ3n) is 9.24. The number of anilines is 3. The van der Waals surface area contributed by atoms with E-state index in [0.29, 0.717) is 0 Å². The summed E-state index contributed by atoms with van der Waals surface area (Å²) < 4.78 is 9.24. The lowest BCUT2D eigenvalue weighted by molar-refractivity contribution is 0.487. The molecule has 0 saturated carbocycles. The van der Waals surface area contributed by atoms with Crippen LogP contribution >= 0.6 is 0 Å². The van der Waals surface area contributed by atoms with Crippen LogP contribution in [0.1, 0.15) is 11.1 Å². The lowest BCUT2D eigenvalue weighted by Crippen LogP contribution is -2.58. The predicted octanol–water partition coefficient (Wildman–Crippen LogP) is 7.09. The zero-order chi connectivity index (χ0) is 26.7. The Labute approximate surface area is 237 Å². The number of hydrogen-bond acceptors (Lipinski definition) is 2. The van der Waals surface area contributed by atoms with Gasteiger partial charge in [0.1, 0.15) is 11.5 Å². The first kappa shape index (κ1) is 21.6. The first-order valence-electron chi connectivity index (χ1n) is 14.3. The van der Waals surface area contributed by atoms with E-state index in [2.05, 4.69) is 137 Å². The second-order valence-electron chi connectivity index (χ2n) is 11.3. The fraction of sp³-hybridized carbons (Fsp3) is 0.0270. The van der Waals surface area contributed by atoms with Gasteiger partial charge in [-0.25, -0.2) is 0 Å². The fourth-order valence-corrected chi connectivity index (χ4v) is 7.59. The number of para-hydroxylation sites is 4. The summed E-state index contributed by atoms with van der Waals surface area (Å²) in [4.78, 5) is 2.39. The van der Waals surface area contributed by atoms with Crippen LogP contribution in [0.5, 0.6) is 11.5 Å². The normalized spacial score (nSPS) is 13.9. The summed E-state index contributed by atoms with van der Waals surface area (Å²) >= 11 is 0. The Bertz CT molecular complexity index is 2200. The SMILES string of the molecule is c1ccc2c(c1)Cc1ccccc1N2c1ccc2c(c1)Oc1cccc3c1B2c1cccc2c4ccccc4n-3c12. The van der Waals surface area contributed by atoms with Gasteiger partial charge in [0.25, 0.3) is 6.71 Å². The molecule has 0 spiro atoms. The van der Waals surface area contributed by atoms with E-state index in [1.165, 1.54) is 66.4 Å². The Morgan fingerprint density at radius 1 is 0.561 bits per heavy atom. The molecule has 0 radical (unpaired) electrons. The van der Waals surface area contributed by atoms with E-state index in [1.54, 1.807) is 0 Å². The van der Waals surface area contributed by atoms with E-state index < -0.39 is 0 Å². The molecule has 0 bridgehead atoms. The number of ether oxygens (including phenoxy) is 1. The third-order valence-corrected chi connectivity index (χ3v) is 9.24. The van der Waals surface area contributed by atoms with Gasteiger partial charge in [-0.3, -0.25) is 0 Å². The van der Waals surface area contributed by atoms with Gasteiger partial charge in [0.05, 0.1) is 5.52 Å². The zero-order valence-electron chi connectivity index (χ0n) is 22.2. The van der Waals surface area contributed by atoms with Crippen LogP contribution in [-0.2, 0) is 6.42 Å². The first-order chi connectivity index (χ1) is 20.3. The van der Waals surface area contributed by atoms with Crippen molar-refractivity contribution < 1.29 is 4.74 Å². The van der Waals surface area contributed by atoms with Crippen molar-refractivity contribution in [3.05, 3.63) is 139 Å². The highest BCUT2D eigenvalue weighted by Crippen LogP contribution is 2.45. The predicted molar refractivity (Wildman–Crippen MR) is 169 cm³/mol. The molecule has 3 aliphatic rings. The van der Waals surface area contributed by atoms with Gasteiger partial charge in [-0.15, -0.1) is 0 Å². The van der Waals surface area contributed by atoms with Crippen molar-refractivity contribution in [1.82, 2.24) is 4.57 Å². The largest absolute Gasteiger partial charge is 0.458 e. The summed E-state index contributed by atoms with van der Waals surface area (Å²) in [6.07, 6.45) is 0.945. The molecule has 41 heavy (non-hydrogen) atoms. The summed E-state index contributed by atoms with van der Waals surface area (Å²) in [6.45, 7) is 0.112. The molecular weight excluding hydrogens is 499 g/mol. The summed E-state index contributed by atoms with van der Waals surface area (Å²) in [5.74, 6) is 1.87. The lowest BCUT2D eigenvalue weighted by Gasteiger charge is -2.36. The van der Waals surface area contributed by atoms with Crippen molar-refractivity contribution in [3.8, 4) is 17.2 Å². The van der Waals surface area contributed by atoms with Crippen molar-refractivity contribution >= 4 is 62.0 Å². The second kappa shape index (κ2) is 7.70. The Kier molecular flexibility index (Phi) is 4.06. The summed E-state index contributed by atoms with van der Waals surface area (Å²) in [6, 6.07) is 46.4. The molecule has 3 aliphatic heterocycles. The smallest absolute Gasteiger partial charge is 0.256 e. The molecular formula is C37H23BN2O. The average molecular weight is 522 g/mol. The quantitative estimate of drug-likeness (QED) is 0.214. The molecule has 0 fully saturated rings. The number of benzene rings is 6. The van der Waals surface area contributed by atoms with Gasteiger partial charge in [-0.05, 0) is 63.9 Å². The van der Waals surface area contributed by atoms with E-state index in [4.69, 9.17) is 4.74 Å². The summed E-state index contributed by atoms with van der Waals surface area (Å²) in [5.41, 5.74) is 13.8. The van der Waals surface area contributed by atoms with Crippen LogP contribution < -0.4 is 26.0 Å². The van der Waals surface area contributed by atoms with Gasteiger partial charge in [0.2, 0.25) is 0 Å². The van der Waals surface area contributed by atoms with Gasteiger partial charge < -0.3 is 14.2 Å². The molecule has 1 aromatic heterocycles. The maximum Gasteiger partial charge on any atom is 0.256 e. The maximum atomic E-state index is 6.79. The van der Waals surface area contributed by atoms with Gasteiger partial charge in [-0.1, -0.05) is 84.9 Å². The molecule has 6 aromatic carbocycles. The lowest BCUT2D eigenvalue weighted by atomic mass is 9.34. The van der Waals surface area contributed by atoms with Crippen LogP contribution in [0.25, 0.3) is 27.5 Å². The first-order valence-corrected chi connectivity index (χ1v) is 14.3. The molecule has 0 atom stereocenters.